The zero-order chi connectivity index (χ0) is 7.49. The Labute approximate surface area is 53.2 Å². The van der Waals surface area contributed by atoms with Crippen molar-refractivity contribution in [2.75, 3.05) is 7.11 Å². The third-order valence-corrected chi connectivity index (χ3v) is 0.842. The van der Waals surface area contributed by atoms with Gasteiger partial charge in [0.15, 0.2) is 5.54 Å². The van der Waals surface area contributed by atoms with Crippen LogP contribution in [0.25, 0.3) is 0 Å². The van der Waals surface area contributed by atoms with E-state index in [2.05, 4.69) is 4.74 Å². The highest BCUT2D eigenvalue weighted by atomic mass is 16.5. The molecule has 0 rings (SSSR count). The van der Waals surface area contributed by atoms with Gasteiger partial charge in [-0.25, -0.2) is 4.79 Å². The second-order valence-corrected chi connectivity index (χ2v) is 1.81. The summed E-state index contributed by atoms with van der Waals surface area (Å²) >= 11 is 0. The third kappa shape index (κ3) is 1.70. The molecule has 0 aromatic rings. The topological polar surface area (TPSA) is 76.1 Å². The Kier molecular flexibility index (Phi) is 2.17. The van der Waals surface area contributed by atoms with Crippen LogP contribution in [-0.2, 0) is 9.53 Å². The van der Waals surface area contributed by atoms with Crippen LogP contribution in [0.4, 0.5) is 0 Å². The number of hydrogen-bond acceptors (Lipinski definition) is 4. The minimum absolute atomic E-state index is 0.718. The van der Waals surface area contributed by atoms with Crippen LogP contribution >= 0.6 is 0 Å². The summed E-state index contributed by atoms with van der Waals surface area (Å²) in [5.74, 6) is -0.718. The molecule has 0 fully saturated rings. The average molecular weight is 128 g/mol. The van der Waals surface area contributed by atoms with Gasteiger partial charge in [0, 0.05) is 0 Å². The monoisotopic (exact) mass is 128 g/mol. The Balaban J connectivity index is 4.19. The summed E-state index contributed by atoms with van der Waals surface area (Å²) in [5.41, 5.74) is 3.63. The predicted molar refractivity (Wildman–Crippen MR) is 30.2 cm³/mol. The number of nitrogens with zero attached hydrogens (tertiary/aromatic N) is 1. The number of nitrogens with two attached hydrogens (primary N) is 1. The van der Waals surface area contributed by atoms with E-state index in [1.54, 1.807) is 6.07 Å². The van der Waals surface area contributed by atoms with Gasteiger partial charge in [0.25, 0.3) is 0 Å². The fourth-order valence-electron chi connectivity index (χ4n) is 0.258. The summed E-state index contributed by atoms with van der Waals surface area (Å²) in [7, 11) is 1.19. The molecule has 0 spiro atoms. The van der Waals surface area contributed by atoms with Crippen molar-refractivity contribution in [2.45, 2.75) is 12.5 Å². The molecule has 0 amide bonds. The lowest BCUT2D eigenvalue weighted by molar-refractivity contribution is -0.144. The number of carbonyl (C=O) groups excluding carboxylic acids is 1. The highest BCUT2D eigenvalue weighted by molar-refractivity contribution is 5.83. The van der Waals surface area contributed by atoms with Crippen LogP contribution in [0.15, 0.2) is 0 Å². The third-order valence-electron chi connectivity index (χ3n) is 0.842. The van der Waals surface area contributed by atoms with Crippen LogP contribution in [0.5, 0.6) is 0 Å². The molecule has 4 nitrogen and oxygen atoms in total. The van der Waals surface area contributed by atoms with E-state index < -0.39 is 11.5 Å². The van der Waals surface area contributed by atoms with Gasteiger partial charge in [-0.05, 0) is 6.92 Å². The number of esters is 1. The van der Waals surface area contributed by atoms with Crippen LogP contribution in [0.3, 0.4) is 0 Å². The molecule has 2 N–H and O–H groups in total. The van der Waals surface area contributed by atoms with Crippen LogP contribution in [0.2, 0.25) is 0 Å². The van der Waals surface area contributed by atoms with Crippen molar-refractivity contribution in [1.82, 2.24) is 0 Å². The van der Waals surface area contributed by atoms with E-state index in [0.29, 0.717) is 0 Å². The van der Waals surface area contributed by atoms with Crippen LogP contribution in [0, 0.1) is 11.3 Å². The molecule has 9 heavy (non-hydrogen) atoms. The van der Waals surface area contributed by atoms with Gasteiger partial charge in [-0.2, -0.15) is 5.26 Å². The van der Waals surface area contributed by atoms with Crippen LogP contribution in [0.1, 0.15) is 6.92 Å². The van der Waals surface area contributed by atoms with E-state index in [-0.39, 0.29) is 0 Å². The molecule has 0 bridgehead atoms. The molecular formula is C5H8N2O2. The second-order valence-electron chi connectivity index (χ2n) is 1.81. The van der Waals surface area contributed by atoms with Gasteiger partial charge < -0.3 is 10.5 Å². The summed E-state index contributed by atoms with van der Waals surface area (Å²) in [6.45, 7) is 1.29. The van der Waals surface area contributed by atoms with Crippen molar-refractivity contribution in [2.24, 2.45) is 5.73 Å². The Morgan fingerprint density at radius 3 is 2.44 bits per heavy atom. The maximum Gasteiger partial charge on any atom is 0.340 e. The number of nitriles is 1. The molecule has 4 heteroatoms. The summed E-state index contributed by atoms with van der Waals surface area (Å²) in [5, 5.41) is 8.22. The normalized spacial score (nSPS) is 15.3. The highest BCUT2D eigenvalue weighted by Gasteiger charge is 2.28. The van der Waals surface area contributed by atoms with Gasteiger partial charge in [-0.1, -0.05) is 0 Å². The Morgan fingerprint density at radius 1 is 1.89 bits per heavy atom. The first kappa shape index (κ1) is 7.92. The molecule has 0 aliphatic heterocycles. The highest BCUT2D eigenvalue weighted by Crippen LogP contribution is 1.97. The Bertz CT molecular complexity index is 157. The Morgan fingerprint density at radius 2 is 2.33 bits per heavy atom. The zero-order valence-corrected chi connectivity index (χ0v) is 5.34. The lowest BCUT2D eigenvalue weighted by Crippen LogP contribution is -2.44. The van der Waals surface area contributed by atoms with Gasteiger partial charge in [-0.3, -0.25) is 0 Å². The molecular weight excluding hydrogens is 120 g/mol. The van der Waals surface area contributed by atoms with Gasteiger partial charge in [0.05, 0.1) is 13.2 Å². The summed E-state index contributed by atoms with van der Waals surface area (Å²) in [6.07, 6.45) is 0. The first-order valence-electron chi connectivity index (χ1n) is 2.33. The van der Waals surface area contributed by atoms with Gasteiger partial charge in [0.1, 0.15) is 0 Å². The maximum absolute atomic E-state index is 10.5. The predicted octanol–water partition coefficient (Wildman–Crippen LogP) is -0.600. The van der Waals surface area contributed by atoms with Crippen molar-refractivity contribution in [3.63, 3.8) is 0 Å². The molecule has 0 saturated heterocycles. The van der Waals surface area contributed by atoms with Crippen molar-refractivity contribution >= 4 is 5.97 Å². The van der Waals surface area contributed by atoms with E-state index in [0.717, 1.165) is 0 Å². The van der Waals surface area contributed by atoms with E-state index in [1.165, 1.54) is 14.0 Å². The number of rotatable bonds is 1. The van der Waals surface area contributed by atoms with Crippen molar-refractivity contribution in [3.05, 3.63) is 0 Å². The number of methoxy groups -OCH3 is 1. The van der Waals surface area contributed by atoms with Crippen molar-refractivity contribution in [1.29, 1.82) is 5.26 Å². The molecule has 0 radical (unpaired) electrons. The second kappa shape index (κ2) is 2.46. The first-order chi connectivity index (χ1) is 4.04. The zero-order valence-electron chi connectivity index (χ0n) is 5.34. The fourth-order valence-corrected chi connectivity index (χ4v) is 0.258. The van der Waals surface area contributed by atoms with Crippen LogP contribution < -0.4 is 5.73 Å². The minimum atomic E-state index is -1.51. The SMILES string of the molecule is COC(=O)C(C)(N)C#N. The minimum Gasteiger partial charge on any atom is -0.467 e. The molecule has 1 atom stereocenters. The molecule has 0 aliphatic carbocycles. The van der Waals surface area contributed by atoms with E-state index >= 15 is 0 Å². The standard InChI is InChI=1S/C5H8N2O2/c1-5(7,3-6)4(8)9-2/h7H2,1-2H3. The lowest BCUT2D eigenvalue weighted by Gasteiger charge is -2.10. The van der Waals surface area contributed by atoms with Crippen molar-refractivity contribution in [3.8, 4) is 6.07 Å². The van der Waals surface area contributed by atoms with E-state index in [4.69, 9.17) is 11.0 Å². The first-order valence-corrected chi connectivity index (χ1v) is 2.33. The molecule has 1 unspecified atom stereocenters. The fraction of sp³-hybridized carbons (Fsp3) is 0.600. The summed E-state index contributed by atoms with van der Waals surface area (Å²) < 4.78 is 4.22. The molecule has 0 aliphatic rings. The molecule has 0 saturated carbocycles. The number of hydrogen-bond donors (Lipinski definition) is 1. The molecule has 0 aromatic heterocycles. The largest absolute Gasteiger partial charge is 0.467 e. The molecule has 0 aromatic carbocycles. The number of carbonyl (C=O) groups is 1. The summed E-state index contributed by atoms with van der Waals surface area (Å²) in [6, 6.07) is 1.60. The maximum atomic E-state index is 10.5. The van der Waals surface area contributed by atoms with Gasteiger partial charge in [-0.15, -0.1) is 0 Å². The summed E-state index contributed by atoms with van der Waals surface area (Å²) in [4.78, 5) is 10.5. The quantitative estimate of drug-likeness (QED) is 0.478. The Hall–Kier alpha value is -1.08. The molecule has 50 valence electrons. The van der Waals surface area contributed by atoms with Gasteiger partial charge in [0.2, 0.25) is 0 Å². The smallest absolute Gasteiger partial charge is 0.340 e. The van der Waals surface area contributed by atoms with E-state index in [1.807, 2.05) is 0 Å². The van der Waals surface area contributed by atoms with Crippen LogP contribution in [-0.4, -0.2) is 18.6 Å². The number of ether oxygens (including phenoxy) is 1. The lowest BCUT2D eigenvalue weighted by atomic mass is 10.1. The van der Waals surface area contributed by atoms with E-state index in [9.17, 15) is 4.79 Å². The van der Waals surface area contributed by atoms with Crippen molar-refractivity contribution < 1.29 is 9.53 Å². The molecule has 0 heterocycles. The van der Waals surface area contributed by atoms with Gasteiger partial charge >= 0.3 is 5.97 Å². The average Bonchev–Trinajstić information content (AvgIpc) is 1.86.